The van der Waals surface area contributed by atoms with E-state index in [1.165, 1.54) is 23.6 Å². The lowest BCUT2D eigenvalue weighted by Crippen LogP contribution is -2.33. The molecule has 3 rings (SSSR count). The van der Waals surface area contributed by atoms with Gasteiger partial charge in [0.1, 0.15) is 17.7 Å². The third-order valence-corrected chi connectivity index (χ3v) is 2.65. The number of carbonyl (C=O) groups excluding carboxylic acids is 1. The lowest BCUT2D eigenvalue weighted by molar-refractivity contribution is 0.0992. The van der Waals surface area contributed by atoms with E-state index in [4.69, 9.17) is 0 Å². The Morgan fingerprint density at radius 2 is 2.11 bits per heavy atom. The molecule has 0 unspecified atom stereocenters. The van der Waals surface area contributed by atoms with Crippen molar-refractivity contribution in [1.29, 1.82) is 0 Å². The molecule has 0 aromatic carbocycles. The predicted molar refractivity (Wildman–Crippen MR) is 60.2 cm³/mol. The van der Waals surface area contributed by atoms with Crippen molar-refractivity contribution in [2.75, 3.05) is 4.90 Å². The van der Waals surface area contributed by atoms with Gasteiger partial charge in [-0.05, 0) is 0 Å². The second kappa shape index (κ2) is 3.62. The highest BCUT2D eigenvalue weighted by atomic mass is 16.2. The van der Waals surface area contributed by atoms with Crippen LogP contribution in [0.1, 0.15) is 16.1 Å². The van der Waals surface area contributed by atoms with Gasteiger partial charge >= 0.3 is 5.69 Å². The van der Waals surface area contributed by atoms with Crippen LogP contribution in [0, 0.1) is 0 Å². The summed E-state index contributed by atoms with van der Waals surface area (Å²) >= 11 is 0. The minimum atomic E-state index is -0.618. The molecule has 1 amide bonds. The van der Waals surface area contributed by atoms with Crippen LogP contribution in [0.25, 0.3) is 0 Å². The van der Waals surface area contributed by atoms with Crippen molar-refractivity contribution in [3.05, 3.63) is 50.8 Å². The molecule has 2 N–H and O–H groups in total. The number of aromatic nitrogens is 4. The summed E-state index contributed by atoms with van der Waals surface area (Å²) in [4.78, 5) is 47.9. The number of H-pyrrole nitrogens is 2. The van der Waals surface area contributed by atoms with E-state index in [1.807, 2.05) is 0 Å². The van der Waals surface area contributed by atoms with Crippen LogP contribution in [0.3, 0.4) is 0 Å². The minimum absolute atomic E-state index is 0.0811. The molecule has 0 atom stereocenters. The van der Waals surface area contributed by atoms with Gasteiger partial charge < -0.3 is 4.98 Å². The summed E-state index contributed by atoms with van der Waals surface area (Å²) in [6.07, 6.45) is 4.01. The number of rotatable bonds is 1. The van der Waals surface area contributed by atoms with Crippen molar-refractivity contribution < 1.29 is 4.79 Å². The van der Waals surface area contributed by atoms with E-state index in [1.54, 1.807) is 0 Å². The molecular formula is C10H7N5O3. The molecule has 0 aliphatic carbocycles. The van der Waals surface area contributed by atoms with Gasteiger partial charge in [-0.25, -0.2) is 14.8 Å². The van der Waals surface area contributed by atoms with Crippen LogP contribution in [0.15, 0.2) is 28.3 Å². The normalized spacial score (nSPS) is 13.8. The molecule has 1 aliphatic heterocycles. The van der Waals surface area contributed by atoms with Gasteiger partial charge in [0.05, 0.1) is 6.54 Å². The lowest BCUT2D eigenvalue weighted by Gasteiger charge is -2.12. The van der Waals surface area contributed by atoms with Crippen LogP contribution in [0.4, 0.5) is 5.69 Å². The van der Waals surface area contributed by atoms with Gasteiger partial charge in [0.2, 0.25) is 0 Å². The van der Waals surface area contributed by atoms with Crippen molar-refractivity contribution >= 4 is 11.6 Å². The van der Waals surface area contributed by atoms with Crippen LogP contribution in [0.2, 0.25) is 0 Å². The predicted octanol–water partition coefficient (Wildman–Crippen LogP) is -0.986. The molecule has 2 aromatic heterocycles. The van der Waals surface area contributed by atoms with Crippen LogP contribution >= 0.6 is 0 Å². The third-order valence-electron chi connectivity index (χ3n) is 2.65. The molecule has 8 nitrogen and oxygen atoms in total. The molecule has 3 heterocycles. The maximum absolute atomic E-state index is 12.0. The van der Waals surface area contributed by atoms with Crippen molar-refractivity contribution in [3.8, 4) is 0 Å². The van der Waals surface area contributed by atoms with Crippen molar-refractivity contribution in [2.24, 2.45) is 0 Å². The van der Waals surface area contributed by atoms with E-state index >= 15 is 0 Å². The first kappa shape index (κ1) is 10.4. The standard InChI is InChI=1S/C10H7N5O3/c16-8-6(2-12-10(18)14-8)15-3-5-1-11-4-13-7(5)9(15)17/h1-2,4H,3H2,(H2,12,14,16,18). The first-order chi connectivity index (χ1) is 8.66. The second-order valence-electron chi connectivity index (χ2n) is 3.75. The Labute approximate surface area is 99.3 Å². The highest BCUT2D eigenvalue weighted by molar-refractivity contribution is 6.08. The zero-order valence-corrected chi connectivity index (χ0v) is 9.01. The second-order valence-corrected chi connectivity index (χ2v) is 3.75. The van der Waals surface area contributed by atoms with Gasteiger partial charge in [0.15, 0.2) is 0 Å². The summed E-state index contributed by atoms with van der Waals surface area (Å²) in [6.45, 7) is 0.212. The summed E-state index contributed by atoms with van der Waals surface area (Å²) in [5.74, 6) is -0.384. The number of nitrogens with one attached hydrogen (secondary N) is 2. The summed E-state index contributed by atoms with van der Waals surface area (Å²) in [7, 11) is 0. The molecule has 0 saturated heterocycles. The molecule has 0 saturated carbocycles. The van der Waals surface area contributed by atoms with E-state index in [2.05, 4.69) is 19.9 Å². The molecule has 2 aromatic rings. The minimum Gasteiger partial charge on any atom is -0.312 e. The topological polar surface area (TPSA) is 112 Å². The summed E-state index contributed by atoms with van der Waals surface area (Å²) < 4.78 is 0. The van der Waals surface area contributed by atoms with Gasteiger partial charge in [-0.2, -0.15) is 0 Å². The Morgan fingerprint density at radius 1 is 1.28 bits per heavy atom. The van der Waals surface area contributed by atoms with E-state index < -0.39 is 11.2 Å². The molecule has 8 heteroatoms. The fourth-order valence-electron chi connectivity index (χ4n) is 1.83. The zero-order valence-electron chi connectivity index (χ0n) is 9.01. The largest absolute Gasteiger partial charge is 0.325 e. The van der Waals surface area contributed by atoms with Crippen LogP contribution < -0.4 is 16.1 Å². The summed E-state index contributed by atoms with van der Waals surface area (Å²) in [5.41, 5.74) is -0.234. The van der Waals surface area contributed by atoms with Crippen molar-refractivity contribution in [1.82, 2.24) is 19.9 Å². The van der Waals surface area contributed by atoms with Crippen LogP contribution in [-0.4, -0.2) is 25.8 Å². The van der Waals surface area contributed by atoms with Crippen LogP contribution in [-0.2, 0) is 6.54 Å². The number of aromatic amines is 2. The number of anilines is 1. The van der Waals surface area contributed by atoms with Gasteiger partial charge in [0, 0.05) is 18.0 Å². The summed E-state index contributed by atoms with van der Waals surface area (Å²) in [5, 5.41) is 0. The Kier molecular flexibility index (Phi) is 2.09. The maximum Gasteiger partial charge on any atom is 0.325 e. The van der Waals surface area contributed by atoms with Crippen LogP contribution in [0.5, 0.6) is 0 Å². The fourth-order valence-corrected chi connectivity index (χ4v) is 1.83. The number of hydrogen-bond donors (Lipinski definition) is 2. The van der Waals surface area contributed by atoms with E-state index in [0.29, 0.717) is 5.56 Å². The van der Waals surface area contributed by atoms with Gasteiger partial charge in [-0.3, -0.25) is 19.5 Å². The SMILES string of the molecule is O=C1c2ncncc2CN1c1c[nH]c(=O)[nH]c1=O. The molecule has 90 valence electrons. The molecule has 0 fully saturated rings. The Bertz CT molecular complexity index is 747. The first-order valence-electron chi connectivity index (χ1n) is 5.09. The molecule has 1 aliphatic rings. The smallest absolute Gasteiger partial charge is 0.312 e. The number of fused-ring (bicyclic) bond motifs is 1. The first-order valence-corrected chi connectivity index (χ1v) is 5.09. The van der Waals surface area contributed by atoms with Crippen molar-refractivity contribution in [2.45, 2.75) is 6.54 Å². The van der Waals surface area contributed by atoms with Gasteiger partial charge in [0.25, 0.3) is 11.5 Å². The van der Waals surface area contributed by atoms with Crippen molar-refractivity contribution in [3.63, 3.8) is 0 Å². The zero-order chi connectivity index (χ0) is 12.7. The number of amides is 1. The fraction of sp³-hybridized carbons (Fsp3) is 0.100. The molecular weight excluding hydrogens is 238 g/mol. The molecule has 0 bridgehead atoms. The Morgan fingerprint density at radius 3 is 2.83 bits per heavy atom. The van der Waals surface area contributed by atoms with Gasteiger partial charge in [-0.1, -0.05) is 0 Å². The van der Waals surface area contributed by atoms with E-state index in [9.17, 15) is 14.4 Å². The number of nitrogens with zero attached hydrogens (tertiary/aromatic N) is 3. The highest BCUT2D eigenvalue weighted by Gasteiger charge is 2.31. The van der Waals surface area contributed by atoms with E-state index in [-0.39, 0.29) is 23.8 Å². The van der Waals surface area contributed by atoms with Gasteiger partial charge in [-0.15, -0.1) is 0 Å². The van der Waals surface area contributed by atoms with E-state index in [0.717, 1.165) is 0 Å². The average molecular weight is 245 g/mol. The summed E-state index contributed by atoms with van der Waals surface area (Å²) in [6, 6.07) is 0. The Balaban J connectivity index is 2.09. The molecule has 18 heavy (non-hydrogen) atoms. The highest BCUT2D eigenvalue weighted by Crippen LogP contribution is 2.22. The monoisotopic (exact) mass is 245 g/mol. The number of hydrogen-bond acceptors (Lipinski definition) is 5. The average Bonchev–Trinajstić information content (AvgIpc) is 2.68. The third kappa shape index (κ3) is 1.43. The molecule has 0 radical (unpaired) electrons. The lowest BCUT2D eigenvalue weighted by atomic mass is 10.3. The Hall–Kier alpha value is -2.77. The number of carbonyl (C=O) groups is 1. The molecule has 0 spiro atoms. The maximum atomic E-state index is 12.0. The quantitative estimate of drug-likeness (QED) is 0.670.